The van der Waals surface area contributed by atoms with Gasteiger partial charge >= 0.3 is 5.69 Å². The van der Waals surface area contributed by atoms with Gasteiger partial charge in [-0.2, -0.15) is 0 Å². The maximum absolute atomic E-state index is 13.6. The minimum absolute atomic E-state index is 0.0892. The summed E-state index contributed by atoms with van der Waals surface area (Å²) < 4.78 is 24.7. The molecule has 0 aliphatic carbocycles. The second-order valence-electron chi connectivity index (χ2n) is 4.85. The quantitative estimate of drug-likeness (QED) is 0.869. The second-order valence-corrected chi connectivity index (χ2v) is 5.23. The molecule has 0 aliphatic heterocycles. The second kappa shape index (κ2) is 7.54. The van der Waals surface area contributed by atoms with Gasteiger partial charge in [-0.15, -0.1) is 0 Å². The van der Waals surface area contributed by atoms with E-state index in [0.717, 1.165) is 4.57 Å². The maximum Gasteiger partial charge on any atom is 0.328 e. The number of aromatic nitrogens is 2. The number of benzene rings is 1. The maximum atomic E-state index is 13.6. The van der Waals surface area contributed by atoms with E-state index in [-0.39, 0.29) is 29.4 Å². The van der Waals surface area contributed by atoms with Gasteiger partial charge in [0.2, 0.25) is 0 Å². The van der Waals surface area contributed by atoms with Gasteiger partial charge in [0.05, 0.1) is 29.8 Å². The zero-order valence-corrected chi connectivity index (χ0v) is 13.4. The largest absolute Gasteiger partial charge is 0.382 e. The number of nitrogens with zero attached hydrogens (tertiary/aromatic N) is 1. The van der Waals surface area contributed by atoms with Crippen LogP contribution in [0.5, 0.6) is 0 Å². The Balaban J connectivity index is 2.65. The molecule has 0 atom stereocenters. The lowest BCUT2D eigenvalue weighted by Crippen LogP contribution is -2.41. The zero-order chi connectivity index (χ0) is 17.0. The standard InChI is InChI=1S/C15H16ClFN2O4/c1-22-7-9(8-23-2)19-14(20)11(6-18-15(19)21)10-4-3-5-12(17)13(10)16/h3-6,9H,7-8H2,1-2H3,(H,18,21). The van der Waals surface area contributed by atoms with Crippen molar-refractivity contribution in [2.75, 3.05) is 27.4 Å². The van der Waals surface area contributed by atoms with Crippen molar-refractivity contribution in [2.45, 2.75) is 6.04 Å². The first-order chi connectivity index (χ1) is 11.0. The van der Waals surface area contributed by atoms with Crippen molar-refractivity contribution in [3.63, 3.8) is 0 Å². The van der Waals surface area contributed by atoms with Crippen LogP contribution in [0.2, 0.25) is 5.02 Å². The van der Waals surface area contributed by atoms with Gasteiger partial charge in [-0.05, 0) is 6.07 Å². The van der Waals surface area contributed by atoms with Gasteiger partial charge in [-0.3, -0.25) is 9.36 Å². The van der Waals surface area contributed by atoms with Crippen molar-refractivity contribution >= 4 is 11.6 Å². The number of ether oxygens (including phenoxy) is 2. The van der Waals surface area contributed by atoms with Crippen molar-refractivity contribution in [3.8, 4) is 11.1 Å². The van der Waals surface area contributed by atoms with E-state index in [0.29, 0.717) is 0 Å². The molecular formula is C15H16ClFN2O4. The highest BCUT2D eigenvalue weighted by molar-refractivity contribution is 6.33. The Kier molecular flexibility index (Phi) is 5.70. The van der Waals surface area contributed by atoms with Crippen molar-refractivity contribution < 1.29 is 13.9 Å². The van der Waals surface area contributed by atoms with E-state index >= 15 is 0 Å². The van der Waals surface area contributed by atoms with Crippen molar-refractivity contribution in [2.24, 2.45) is 0 Å². The van der Waals surface area contributed by atoms with Crippen LogP contribution in [0.15, 0.2) is 34.0 Å². The number of H-pyrrole nitrogens is 1. The summed E-state index contributed by atoms with van der Waals surface area (Å²) in [6.45, 7) is 0.217. The third-order valence-electron chi connectivity index (χ3n) is 3.33. The van der Waals surface area contributed by atoms with Crippen LogP contribution in [0.4, 0.5) is 4.39 Å². The van der Waals surface area contributed by atoms with Gasteiger partial charge in [-0.25, -0.2) is 9.18 Å². The fourth-order valence-electron chi connectivity index (χ4n) is 2.31. The molecule has 0 aliphatic rings. The summed E-state index contributed by atoms with van der Waals surface area (Å²) in [5.74, 6) is -0.647. The lowest BCUT2D eigenvalue weighted by atomic mass is 10.1. The smallest absolute Gasteiger partial charge is 0.328 e. The summed E-state index contributed by atoms with van der Waals surface area (Å²) in [7, 11) is 2.91. The molecule has 0 radical (unpaired) electrons. The molecular weight excluding hydrogens is 327 g/mol. The molecule has 0 saturated carbocycles. The number of rotatable bonds is 6. The molecule has 0 amide bonds. The van der Waals surface area contributed by atoms with E-state index in [4.69, 9.17) is 21.1 Å². The topological polar surface area (TPSA) is 73.3 Å². The predicted octanol–water partition coefficient (Wildman–Crippen LogP) is 1.83. The van der Waals surface area contributed by atoms with Crippen molar-refractivity contribution in [1.29, 1.82) is 0 Å². The van der Waals surface area contributed by atoms with E-state index in [1.54, 1.807) is 0 Å². The first kappa shape index (κ1) is 17.4. The lowest BCUT2D eigenvalue weighted by molar-refractivity contribution is 0.0859. The van der Waals surface area contributed by atoms with Gasteiger partial charge < -0.3 is 14.5 Å². The summed E-state index contributed by atoms with van der Waals surface area (Å²) in [6.07, 6.45) is 1.22. The third kappa shape index (κ3) is 3.52. The molecule has 0 saturated heterocycles. The van der Waals surface area contributed by atoms with Crippen LogP contribution in [0.25, 0.3) is 11.1 Å². The molecule has 1 aromatic heterocycles. The first-order valence-electron chi connectivity index (χ1n) is 6.77. The van der Waals surface area contributed by atoms with E-state index < -0.39 is 23.1 Å². The van der Waals surface area contributed by atoms with Gasteiger partial charge in [0, 0.05) is 26.0 Å². The van der Waals surface area contributed by atoms with Crippen LogP contribution in [-0.2, 0) is 9.47 Å². The average molecular weight is 343 g/mol. The molecule has 1 aromatic carbocycles. The minimum atomic E-state index is -0.647. The lowest BCUT2D eigenvalue weighted by Gasteiger charge is -2.18. The Bertz CT molecular complexity index is 797. The van der Waals surface area contributed by atoms with Crippen LogP contribution in [-0.4, -0.2) is 37.0 Å². The van der Waals surface area contributed by atoms with Gasteiger partial charge in [0.15, 0.2) is 0 Å². The number of methoxy groups -OCH3 is 2. The summed E-state index contributed by atoms with van der Waals surface area (Å²) in [6, 6.07) is 3.52. The average Bonchev–Trinajstić information content (AvgIpc) is 2.51. The van der Waals surface area contributed by atoms with E-state index in [9.17, 15) is 14.0 Å². The molecule has 23 heavy (non-hydrogen) atoms. The van der Waals surface area contributed by atoms with Crippen LogP contribution in [0.1, 0.15) is 6.04 Å². The fourth-order valence-corrected chi connectivity index (χ4v) is 2.53. The Morgan fingerprint density at radius 1 is 1.22 bits per heavy atom. The number of aromatic amines is 1. The Morgan fingerprint density at radius 2 is 1.87 bits per heavy atom. The summed E-state index contributed by atoms with van der Waals surface area (Å²) in [4.78, 5) is 27.2. The summed E-state index contributed by atoms with van der Waals surface area (Å²) in [5, 5.41) is -0.182. The molecule has 0 spiro atoms. The van der Waals surface area contributed by atoms with Crippen molar-refractivity contribution in [1.82, 2.24) is 9.55 Å². The van der Waals surface area contributed by atoms with Crippen molar-refractivity contribution in [3.05, 3.63) is 56.1 Å². The van der Waals surface area contributed by atoms with Gasteiger partial charge in [-0.1, -0.05) is 23.7 Å². The van der Waals surface area contributed by atoms with Crippen LogP contribution in [0.3, 0.4) is 0 Å². The number of hydrogen-bond donors (Lipinski definition) is 1. The first-order valence-corrected chi connectivity index (χ1v) is 7.15. The molecule has 8 heteroatoms. The van der Waals surface area contributed by atoms with Gasteiger partial charge in [0.1, 0.15) is 5.82 Å². The van der Waals surface area contributed by atoms with Gasteiger partial charge in [0.25, 0.3) is 5.56 Å². The Labute approximate surface area is 136 Å². The highest BCUT2D eigenvalue weighted by Crippen LogP contribution is 2.27. The van der Waals surface area contributed by atoms with Crippen LogP contribution < -0.4 is 11.2 Å². The third-order valence-corrected chi connectivity index (χ3v) is 3.72. The molecule has 2 aromatic rings. The Hall–Kier alpha value is -1.96. The molecule has 0 bridgehead atoms. The molecule has 6 nitrogen and oxygen atoms in total. The highest BCUT2D eigenvalue weighted by atomic mass is 35.5. The number of nitrogens with one attached hydrogen (secondary N) is 1. The van der Waals surface area contributed by atoms with E-state index in [1.807, 2.05) is 0 Å². The van der Waals surface area contributed by atoms with E-state index in [2.05, 4.69) is 4.98 Å². The predicted molar refractivity (Wildman–Crippen MR) is 84.5 cm³/mol. The summed E-state index contributed by atoms with van der Waals surface area (Å²) >= 11 is 5.93. The number of hydrogen-bond acceptors (Lipinski definition) is 4. The van der Waals surface area contributed by atoms with E-state index in [1.165, 1.54) is 38.6 Å². The fraction of sp³-hybridized carbons (Fsp3) is 0.333. The highest BCUT2D eigenvalue weighted by Gasteiger charge is 2.20. The molecule has 1 N–H and O–H groups in total. The van der Waals surface area contributed by atoms with Crippen LogP contribution >= 0.6 is 11.6 Å². The molecule has 0 fully saturated rings. The summed E-state index contributed by atoms with van der Waals surface area (Å²) in [5.41, 5.74) is -0.910. The van der Waals surface area contributed by atoms with Crippen LogP contribution in [0, 0.1) is 5.82 Å². The SMILES string of the molecule is COCC(COC)n1c(=O)[nH]cc(-c2cccc(F)c2Cl)c1=O. The molecule has 2 rings (SSSR count). The number of halogens is 2. The Morgan fingerprint density at radius 3 is 2.48 bits per heavy atom. The minimum Gasteiger partial charge on any atom is -0.382 e. The monoisotopic (exact) mass is 342 g/mol. The normalized spacial score (nSPS) is 11.2. The molecule has 0 unspecified atom stereocenters. The zero-order valence-electron chi connectivity index (χ0n) is 12.6. The molecule has 124 valence electrons. The molecule has 1 heterocycles.